The van der Waals surface area contributed by atoms with Gasteiger partial charge in [-0.05, 0) is 31.2 Å². The standard InChI is InChI=1S/C23H23FN6O4/c1-2-32-13-18-9-22(28-34-18)21-6-3-14(10-25-21)19-5-4-16(8-20(19)24)30-12-17(33-23(30)31)7-15-11-26-29-27-15/h3-6,8,10-11,17-18H,2,7,9,12-13H2,1H3,(H,26,27,29)/t17-,18-/m0/s1. The van der Waals surface area contributed by atoms with Gasteiger partial charge in [-0.15, -0.1) is 0 Å². The molecule has 1 amide bonds. The molecule has 0 unspecified atom stereocenters. The minimum Gasteiger partial charge on any atom is -0.444 e. The van der Waals surface area contributed by atoms with Gasteiger partial charge in [0.25, 0.3) is 0 Å². The Morgan fingerprint density at radius 1 is 1.24 bits per heavy atom. The number of nitrogens with zero attached hydrogens (tertiary/aromatic N) is 5. The summed E-state index contributed by atoms with van der Waals surface area (Å²) in [4.78, 5) is 23.5. The second-order valence-electron chi connectivity index (χ2n) is 8.01. The fraction of sp³-hybridized carbons (Fsp3) is 0.348. The van der Waals surface area contributed by atoms with E-state index in [1.807, 2.05) is 6.92 Å². The normalized spacial score (nSPS) is 19.8. The monoisotopic (exact) mass is 466 g/mol. The van der Waals surface area contributed by atoms with Crippen LogP contribution in [0.15, 0.2) is 47.9 Å². The summed E-state index contributed by atoms with van der Waals surface area (Å²) in [7, 11) is 0. The van der Waals surface area contributed by atoms with Crippen LogP contribution in [0, 0.1) is 5.82 Å². The first kappa shape index (κ1) is 22.0. The summed E-state index contributed by atoms with van der Waals surface area (Å²) < 4.78 is 25.8. The van der Waals surface area contributed by atoms with Crippen LogP contribution in [0.2, 0.25) is 0 Å². The van der Waals surface area contributed by atoms with E-state index in [0.717, 1.165) is 5.71 Å². The molecule has 0 bridgehead atoms. The number of anilines is 1. The third-order valence-corrected chi connectivity index (χ3v) is 5.65. The molecule has 4 heterocycles. The largest absolute Gasteiger partial charge is 0.444 e. The molecule has 1 N–H and O–H groups in total. The molecule has 1 fully saturated rings. The van der Waals surface area contributed by atoms with Gasteiger partial charge in [-0.25, -0.2) is 9.18 Å². The zero-order valence-electron chi connectivity index (χ0n) is 18.5. The van der Waals surface area contributed by atoms with Crippen molar-refractivity contribution in [2.24, 2.45) is 5.16 Å². The first-order valence-corrected chi connectivity index (χ1v) is 11.0. The van der Waals surface area contributed by atoms with Gasteiger partial charge in [0, 0.05) is 36.8 Å². The number of amides is 1. The minimum atomic E-state index is -0.520. The van der Waals surface area contributed by atoms with Crippen LogP contribution in [0.5, 0.6) is 0 Å². The quantitative estimate of drug-likeness (QED) is 0.542. The maximum absolute atomic E-state index is 15.0. The van der Waals surface area contributed by atoms with Crippen LogP contribution in [-0.2, 0) is 20.7 Å². The molecule has 2 aromatic heterocycles. The average molecular weight is 466 g/mol. The number of H-pyrrole nitrogens is 1. The van der Waals surface area contributed by atoms with Crippen LogP contribution in [-0.4, -0.2) is 64.2 Å². The maximum atomic E-state index is 15.0. The summed E-state index contributed by atoms with van der Waals surface area (Å²) in [6, 6.07) is 8.24. The van der Waals surface area contributed by atoms with Crippen molar-refractivity contribution >= 4 is 17.5 Å². The van der Waals surface area contributed by atoms with Crippen molar-refractivity contribution in [1.82, 2.24) is 20.4 Å². The molecule has 0 aliphatic carbocycles. The number of hydrogen-bond donors (Lipinski definition) is 1. The van der Waals surface area contributed by atoms with Crippen LogP contribution < -0.4 is 4.90 Å². The van der Waals surface area contributed by atoms with Crippen molar-refractivity contribution in [3.63, 3.8) is 0 Å². The summed E-state index contributed by atoms with van der Waals surface area (Å²) in [6.45, 7) is 3.32. The van der Waals surface area contributed by atoms with E-state index in [0.29, 0.717) is 60.8 Å². The van der Waals surface area contributed by atoms with Gasteiger partial charge in [-0.1, -0.05) is 11.2 Å². The molecule has 3 aromatic rings. The summed E-state index contributed by atoms with van der Waals surface area (Å²) in [6.07, 6.45) is 3.20. The number of ether oxygens (including phenoxy) is 2. The maximum Gasteiger partial charge on any atom is 0.414 e. The van der Waals surface area contributed by atoms with Crippen LogP contribution in [0.1, 0.15) is 24.7 Å². The Morgan fingerprint density at radius 2 is 2.15 bits per heavy atom. The number of pyridine rings is 1. The Labute approximate surface area is 194 Å². The van der Waals surface area contributed by atoms with Gasteiger partial charge in [-0.3, -0.25) is 9.88 Å². The Morgan fingerprint density at radius 3 is 2.88 bits per heavy atom. The Bertz CT molecular complexity index is 1180. The van der Waals surface area contributed by atoms with E-state index >= 15 is 4.39 Å². The number of halogens is 1. The van der Waals surface area contributed by atoms with Crippen molar-refractivity contribution in [2.75, 3.05) is 24.7 Å². The van der Waals surface area contributed by atoms with Crippen molar-refractivity contribution in [3.05, 3.63) is 59.9 Å². The third kappa shape index (κ3) is 4.60. The topological polar surface area (TPSA) is 115 Å². The van der Waals surface area contributed by atoms with Crippen LogP contribution in [0.4, 0.5) is 14.9 Å². The number of oxime groups is 1. The minimum absolute atomic E-state index is 0.116. The number of aromatic nitrogens is 4. The molecule has 5 rings (SSSR count). The number of carbonyl (C=O) groups excluding carboxylic acids is 1. The lowest BCUT2D eigenvalue weighted by atomic mass is 10.0. The molecule has 2 aliphatic rings. The molecule has 10 nitrogen and oxygen atoms in total. The molecule has 34 heavy (non-hydrogen) atoms. The van der Waals surface area contributed by atoms with Crippen molar-refractivity contribution in [3.8, 4) is 11.1 Å². The number of hydrogen-bond acceptors (Lipinski definition) is 8. The molecular formula is C23H23FN6O4. The summed E-state index contributed by atoms with van der Waals surface area (Å²) >= 11 is 0. The van der Waals surface area contributed by atoms with E-state index in [9.17, 15) is 4.79 Å². The van der Waals surface area contributed by atoms with E-state index in [-0.39, 0.29) is 12.2 Å². The number of nitrogens with one attached hydrogen (secondary N) is 1. The Hall–Kier alpha value is -3.86. The SMILES string of the molecule is CCOC[C@@H]1CC(c2ccc(-c3ccc(N4C[C@H](Cc5cn[nH]n5)OC4=O)cc3F)cn2)=NO1. The van der Waals surface area contributed by atoms with E-state index in [2.05, 4.69) is 25.6 Å². The number of aromatic amines is 1. The molecule has 176 valence electrons. The van der Waals surface area contributed by atoms with Gasteiger partial charge in [0.2, 0.25) is 0 Å². The van der Waals surface area contributed by atoms with E-state index in [1.54, 1.807) is 36.7 Å². The van der Waals surface area contributed by atoms with Crippen LogP contribution in [0.25, 0.3) is 11.1 Å². The molecule has 2 atom stereocenters. The second kappa shape index (κ2) is 9.56. The number of benzene rings is 1. The van der Waals surface area contributed by atoms with E-state index in [4.69, 9.17) is 14.3 Å². The van der Waals surface area contributed by atoms with Gasteiger partial charge < -0.3 is 14.3 Å². The number of cyclic esters (lactones) is 1. The molecule has 0 radical (unpaired) electrons. The fourth-order valence-corrected chi connectivity index (χ4v) is 3.94. The molecule has 0 saturated carbocycles. The Balaban J connectivity index is 1.25. The van der Waals surface area contributed by atoms with Crippen molar-refractivity contribution in [2.45, 2.75) is 32.0 Å². The molecule has 0 spiro atoms. The Kier molecular flexibility index (Phi) is 6.17. The average Bonchev–Trinajstić information content (AvgIpc) is 3.60. The first-order valence-electron chi connectivity index (χ1n) is 11.0. The van der Waals surface area contributed by atoms with Crippen LogP contribution >= 0.6 is 0 Å². The molecular weight excluding hydrogens is 443 g/mol. The van der Waals surface area contributed by atoms with E-state index < -0.39 is 11.9 Å². The number of rotatable bonds is 8. The van der Waals surface area contributed by atoms with Gasteiger partial charge in [0.1, 0.15) is 17.6 Å². The van der Waals surface area contributed by atoms with Gasteiger partial charge in [0.15, 0.2) is 6.10 Å². The predicted molar refractivity (Wildman–Crippen MR) is 120 cm³/mol. The van der Waals surface area contributed by atoms with E-state index in [1.165, 1.54) is 11.0 Å². The summed E-state index contributed by atoms with van der Waals surface area (Å²) in [5.41, 5.74) is 3.53. The molecule has 1 saturated heterocycles. The van der Waals surface area contributed by atoms with Crippen LogP contribution in [0.3, 0.4) is 0 Å². The summed E-state index contributed by atoms with van der Waals surface area (Å²) in [5, 5.41) is 14.3. The number of carbonyl (C=O) groups is 1. The smallest absolute Gasteiger partial charge is 0.414 e. The van der Waals surface area contributed by atoms with Gasteiger partial charge in [0.05, 0.1) is 36.4 Å². The first-order chi connectivity index (χ1) is 16.6. The molecule has 2 aliphatic heterocycles. The fourth-order valence-electron chi connectivity index (χ4n) is 3.94. The molecule has 11 heteroatoms. The highest BCUT2D eigenvalue weighted by atomic mass is 19.1. The lowest BCUT2D eigenvalue weighted by Crippen LogP contribution is -2.25. The van der Waals surface area contributed by atoms with Crippen molar-refractivity contribution in [1.29, 1.82) is 0 Å². The lowest BCUT2D eigenvalue weighted by Gasteiger charge is -2.14. The highest BCUT2D eigenvalue weighted by Crippen LogP contribution is 2.29. The highest BCUT2D eigenvalue weighted by molar-refractivity contribution is 5.99. The predicted octanol–water partition coefficient (Wildman–Crippen LogP) is 3.10. The zero-order valence-corrected chi connectivity index (χ0v) is 18.5. The second-order valence-corrected chi connectivity index (χ2v) is 8.01. The third-order valence-electron chi connectivity index (χ3n) is 5.65. The lowest BCUT2D eigenvalue weighted by molar-refractivity contribution is 0.00672. The summed E-state index contributed by atoms with van der Waals surface area (Å²) in [5.74, 6) is -0.460. The molecule has 1 aromatic carbocycles. The zero-order chi connectivity index (χ0) is 23.5. The van der Waals surface area contributed by atoms with Crippen molar-refractivity contribution < 1.29 is 23.5 Å². The van der Waals surface area contributed by atoms with Gasteiger partial charge >= 0.3 is 6.09 Å². The highest BCUT2D eigenvalue weighted by Gasteiger charge is 2.33. The van der Waals surface area contributed by atoms with Gasteiger partial charge in [-0.2, -0.15) is 15.4 Å².